The van der Waals surface area contributed by atoms with E-state index in [2.05, 4.69) is 16.8 Å². The average Bonchev–Trinajstić information content (AvgIpc) is 2.88. The van der Waals surface area contributed by atoms with Gasteiger partial charge >= 0.3 is 0 Å². The minimum Gasteiger partial charge on any atom is -0.445 e. The van der Waals surface area contributed by atoms with Crippen molar-refractivity contribution in [2.75, 3.05) is 19.6 Å². The first-order valence-corrected chi connectivity index (χ1v) is 6.32. The predicted molar refractivity (Wildman–Crippen MR) is 64.8 cm³/mol. The van der Waals surface area contributed by atoms with Crippen molar-refractivity contribution in [3.63, 3.8) is 0 Å². The monoisotopic (exact) mass is 236 g/mol. The summed E-state index contributed by atoms with van der Waals surface area (Å²) < 4.78 is 5.57. The van der Waals surface area contributed by atoms with E-state index in [-0.39, 0.29) is 5.78 Å². The molecule has 0 N–H and O–H groups in total. The molecule has 94 valence electrons. The molecule has 4 nitrogen and oxygen atoms in total. The number of likely N-dealkylation sites (tertiary alicyclic amines) is 1. The van der Waals surface area contributed by atoms with Crippen LogP contribution < -0.4 is 0 Å². The number of nitrogens with zero attached hydrogens (tertiary/aromatic N) is 2. The van der Waals surface area contributed by atoms with Crippen molar-refractivity contribution in [3.05, 3.63) is 17.8 Å². The molecule has 0 aromatic carbocycles. The molecule has 1 aromatic rings. The number of hydrogen-bond acceptors (Lipinski definition) is 4. The quantitative estimate of drug-likeness (QED) is 0.780. The molecule has 1 atom stereocenters. The van der Waals surface area contributed by atoms with Crippen molar-refractivity contribution in [1.82, 2.24) is 9.88 Å². The Kier molecular flexibility index (Phi) is 3.94. The lowest BCUT2D eigenvalue weighted by Gasteiger charge is -2.11. The van der Waals surface area contributed by atoms with Gasteiger partial charge in [0.2, 0.25) is 0 Å². The third-order valence-electron chi connectivity index (χ3n) is 3.31. The van der Waals surface area contributed by atoms with Crippen LogP contribution in [0.25, 0.3) is 0 Å². The van der Waals surface area contributed by atoms with Gasteiger partial charge in [-0.3, -0.25) is 4.79 Å². The van der Waals surface area contributed by atoms with Gasteiger partial charge in [0.15, 0.2) is 5.89 Å². The average molecular weight is 236 g/mol. The Labute approximate surface area is 102 Å². The Morgan fingerprint density at radius 1 is 1.65 bits per heavy atom. The van der Waals surface area contributed by atoms with Crippen LogP contribution in [0.3, 0.4) is 0 Å². The van der Waals surface area contributed by atoms with Crippen LogP contribution in [0.15, 0.2) is 10.6 Å². The molecular weight excluding hydrogens is 216 g/mol. The van der Waals surface area contributed by atoms with E-state index in [1.54, 1.807) is 13.1 Å². The molecular formula is C13H20N2O2. The smallest absolute Gasteiger partial charge is 0.194 e. The summed E-state index contributed by atoms with van der Waals surface area (Å²) in [6.45, 7) is 7.21. The number of ketones is 1. The molecule has 0 saturated carbocycles. The molecule has 1 aliphatic rings. The van der Waals surface area contributed by atoms with Crippen LogP contribution in [0.2, 0.25) is 0 Å². The summed E-state index contributed by atoms with van der Waals surface area (Å²) >= 11 is 0. The topological polar surface area (TPSA) is 46.3 Å². The van der Waals surface area contributed by atoms with Crippen molar-refractivity contribution in [2.45, 2.75) is 33.1 Å². The largest absolute Gasteiger partial charge is 0.445 e. The van der Waals surface area contributed by atoms with Gasteiger partial charge in [-0.2, -0.15) is 0 Å². The molecule has 0 amide bonds. The highest BCUT2D eigenvalue weighted by atomic mass is 16.4. The van der Waals surface area contributed by atoms with E-state index >= 15 is 0 Å². The minimum absolute atomic E-state index is 0.116. The second-order valence-electron chi connectivity index (χ2n) is 4.85. The van der Waals surface area contributed by atoms with E-state index in [0.717, 1.165) is 25.4 Å². The van der Waals surface area contributed by atoms with Gasteiger partial charge in [0, 0.05) is 13.0 Å². The second kappa shape index (κ2) is 5.45. The van der Waals surface area contributed by atoms with Crippen LogP contribution in [0.5, 0.6) is 0 Å². The predicted octanol–water partition coefficient (Wildman–Crippen LogP) is 1.69. The van der Waals surface area contributed by atoms with Gasteiger partial charge in [0.25, 0.3) is 0 Å². The zero-order chi connectivity index (χ0) is 12.3. The fourth-order valence-corrected chi connectivity index (χ4v) is 2.38. The fraction of sp³-hybridized carbons (Fsp3) is 0.692. The summed E-state index contributed by atoms with van der Waals surface area (Å²) in [7, 11) is 0. The van der Waals surface area contributed by atoms with Crippen LogP contribution in [-0.2, 0) is 17.6 Å². The standard InChI is InChI=1S/C13H20N2O2/c1-3-15-5-4-11(9-15)7-13-14-8-12(17-13)6-10(2)16/h8,11H,3-7,9H2,1-2H3. The number of rotatable bonds is 5. The van der Waals surface area contributed by atoms with Gasteiger partial charge in [-0.25, -0.2) is 4.98 Å². The highest BCUT2D eigenvalue weighted by molar-refractivity contribution is 5.77. The molecule has 1 aliphatic heterocycles. The maximum absolute atomic E-state index is 11.0. The van der Waals surface area contributed by atoms with E-state index in [0.29, 0.717) is 18.1 Å². The van der Waals surface area contributed by atoms with Gasteiger partial charge in [-0.05, 0) is 32.4 Å². The number of aromatic nitrogens is 1. The van der Waals surface area contributed by atoms with Crippen molar-refractivity contribution in [2.24, 2.45) is 5.92 Å². The zero-order valence-electron chi connectivity index (χ0n) is 10.6. The van der Waals surface area contributed by atoms with Crippen molar-refractivity contribution >= 4 is 5.78 Å². The molecule has 1 fully saturated rings. The van der Waals surface area contributed by atoms with E-state index in [1.807, 2.05) is 0 Å². The molecule has 0 radical (unpaired) electrons. The summed E-state index contributed by atoms with van der Waals surface area (Å²) in [5.41, 5.74) is 0. The summed E-state index contributed by atoms with van der Waals surface area (Å²) in [4.78, 5) is 17.6. The molecule has 1 aromatic heterocycles. The van der Waals surface area contributed by atoms with Crippen LogP contribution in [-0.4, -0.2) is 35.3 Å². The maximum Gasteiger partial charge on any atom is 0.194 e. The normalized spacial score (nSPS) is 20.9. The van der Waals surface area contributed by atoms with Gasteiger partial charge in [0.05, 0.1) is 12.6 Å². The van der Waals surface area contributed by atoms with Crippen molar-refractivity contribution < 1.29 is 9.21 Å². The number of carbonyl (C=O) groups excluding carboxylic acids is 1. The highest BCUT2D eigenvalue weighted by Crippen LogP contribution is 2.20. The van der Waals surface area contributed by atoms with Crippen LogP contribution in [0, 0.1) is 5.92 Å². The molecule has 2 heterocycles. The van der Waals surface area contributed by atoms with E-state index in [4.69, 9.17) is 4.42 Å². The Balaban J connectivity index is 1.87. The second-order valence-corrected chi connectivity index (χ2v) is 4.85. The molecule has 1 saturated heterocycles. The van der Waals surface area contributed by atoms with Crippen LogP contribution in [0.1, 0.15) is 31.9 Å². The van der Waals surface area contributed by atoms with Gasteiger partial charge < -0.3 is 9.32 Å². The molecule has 0 aliphatic carbocycles. The Morgan fingerprint density at radius 2 is 2.47 bits per heavy atom. The number of carbonyl (C=O) groups is 1. The van der Waals surface area contributed by atoms with E-state index in [9.17, 15) is 4.79 Å². The van der Waals surface area contributed by atoms with Gasteiger partial charge in [-0.15, -0.1) is 0 Å². The summed E-state index contributed by atoms with van der Waals surface area (Å²) in [6, 6.07) is 0. The number of oxazole rings is 1. The van der Waals surface area contributed by atoms with Gasteiger partial charge in [0.1, 0.15) is 11.5 Å². The SMILES string of the molecule is CCN1CCC(Cc2ncc(CC(C)=O)o2)C1. The third-order valence-corrected chi connectivity index (χ3v) is 3.31. The highest BCUT2D eigenvalue weighted by Gasteiger charge is 2.23. The molecule has 0 bridgehead atoms. The summed E-state index contributed by atoms with van der Waals surface area (Å²) in [5, 5.41) is 0. The summed E-state index contributed by atoms with van der Waals surface area (Å²) in [5.74, 6) is 2.24. The molecule has 4 heteroatoms. The van der Waals surface area contributed by atoms with Crippen molar-refractivity contribution in [3.8, 4) is 0 Å². The van der Waals surface area contributed by atoms with Crippen LogP contribution >= 0.6 is 0 Å². The molecule has 17 heavy (non-hydrogen) atoms. The van der Waals surface area contributed by atoms with E-state index in [1.165, 1.54) is 13.0 Å². The van der Waals surface area contributed by atoms with Crippen LogP contribution in [0.4, 0.5) is 0 Å². The number of Topliss-reactive ketones (excluding diaryl/α,β-unsaturated/α-hetero) is 1. The first-order chi connectivity index (χ1) is 8.17. The molecule has 2 rings (SSSR count). The van der Waals surface area contributed by atoms with Crippen molar-refractivity contribution in [1.29, 1.82) is 0 Å². The Hall–Kier alpha value is -1.16. The fourth-order valence-electron chi connectivity index (χ4n) is 2.38. The molecule has 0 spiro atoms. The van der Waals surface area contributed by atoms with E-state index < -0.39 is 0 Å². The lowest BCUT2D eigenvalue weighted by atomic mass is 10.1. The third kappa shape index (κ3) is 3.40. The Morgan fingerprint density at radius 3 is 3.12 bits per heavy atom. The zero-order valence-corrected chi connectivity index (χ0v) is 10.6. The maximum atomic E-state index is 11.0. The summed E-state index contributed by atoms with van der Waals surface area (Å²) in [6.07, 6.45) is 4.16. The minimum atomic E-state index is 0.116. The first kappa shape index (κ1) is 12.3. The van der Waals surface area contributed by atoms with Gasteiger partial charge in [-0.1, -0.05) is 6.92 Å². The molecule has 1 unspecified atom stereocenters. The lowest BCUT2D eigenvalue weighted by molar-refractivity contribution is -0.116. The first-order valence-electron chi connectivity index (χ1n) is 6.32. The number of hydrogen-bond donors (Lipinski definition) is 0. The Bertz CT molecular complexity index is 387. The lowest BCUT2D eigenvalue weighted by Crippen LogP contribution is -2.20.